The summed E-state index contributed by atoms with van der Waals surface area (Å²) < 4.78 is 12.4. The molecule has 0 bridgehead atoms. The van der Waals surface area contributed by atoms with E-state index in [-0.39, 0.29) is 5.56 Å². The minimum absolute atomic E-state index is 0.170. The molecule has 0 radical (unpaired) electrons. The highest BCUT2D eigenvalue weighted by Crippen LogP contribution is 2.35. The van der Waals surface area contributed by atoms with Gasteiger partial charge in [0.2, 0.25) is 5.78 Å². The van der Waals surface area contributed by atoms with Gasteiger partial charge in [-0.25, -0.2) is 4.79 Å². The number of Topliss-reactive ketones (excluding diaryl/α,β-unsaturated/α-hetero) is 1. The number of aromatic nitrogens is 1. The number of hydrogen-bond acceptors (Lipinski definition) is 5. The van der Waals surface area contributed by atoms with Crippen molar-refractivity contribution in [2.24, 2.45) is 0 Å². The van der Waals surface area contributed by atoms with Crippen molar-refractivity contribution in [1.29, 1.82) is 0 Å². The fourth-order valence-electron chi connectivity index (χ4n) is 3.34. The lowest BCUT2D eigenvalue weighted by Gasteiger charge is -2.14. The summed E-state index contributed by atoms with van der Waals surface area (Å²) in [4.78, 5) is 36.1. The van der Waals surface area contributed by atoms with Gasteiger partial charge in [-0.1, -0.05) is 36.4 Å². The van der Waals surface area contributed by atoms with Crippen LogP contribution in [0.15, 0.2) is 48.5 Å². The standard InChI is InChI=1S/C22H20ClNO5/c1-13-18(20(25)21(23)26)19-16(24(13)12-15-8-5-4-6-9-15)10-7-11-17(19)29-14(2)22(27)28-3/h4-11,14H,12H2,1-3H3. The Labute approximate surface area is 173 Å². The zero-order valence-electron chi connectivity index (χ0n) is 16.3. The number of benzene rings is 2. The number of rotatable bonds is 7. The number of fused-ring (bicyclic) bond motifs is 1. The van der Waals surface area contributed by atoms with E-state index in [9.17, 15) is 14.4 Å². The zero-order chi connectivity index (χ0) is 21.1. The van der Waals surface area contributed by atoms with Crippen molar-refractivity contribution in [3.63, 3.8) is 0 Å². The molecule has 0 fully saturated rings. The van der Waals surface area contributed by atoms with Crippen molar-refractivity contribution < 1.29 is 23.9 Å². The Balaban J connectivity index is 2.21. The van der Waals surface area contributed by atoms with E-state index >= 15 is 0 Å². The first-order valence-electron chi connectivity index (χ1n) is 8.99. The van der Waals surface area contributed by atoms with Gasteiger partial charge in [-0.2, -0.15) is 0 Å². The number of ether oxygens (including phenoxy) is 2. The van der Waals surface area contributed by atoms with Gasteiger partial charge in [-0.3, -0.25) is 9.59 Å². The van der Waals surface area contributed by atoms with Crippen molar-refractivity contribution in [3.8, 4) is 5.75 Å². The maximum Gasteiger partial charge on any atom is 0.346 e. The molecular weight excluding hydrogens is 394 g/mol. The number of carbonyl (C=O) groups excluding carboxylic acids is 3. The lowest BCUT2D eigenvalue weighted by molar-refractivity contribution is -0.147. The Morgan fingerprint density at radius 3 is 2.38 bits per heavy atom. The third-order valence-corrected chi connectivity index (χ3v) is 4.91. The van der Waals surface area contributed by atoms with Gasteiger partial charge < -0.3 is 14.0 Å². The average molecular weight is 414 g/mol. The third-order valence-electron chi connectivity index (χ3n) is 4.74. The van der Waals surface area contributed by atoms with E-state index in [2.05, 4.69) is 0 Å². The van der Waals surface area contributed by atoms with Gasteiger partial charge in [0, 0.05) is 12.2 Å². The van der Waals surface area contributed by atoms with Crippen LogP contribution in [-0.4, -0.2) is 34.8 Å². The molecule has 0 aliphatic rings. The van der Waals surface area contributed by atoms with Crippen LogP contribution in [0.1, 0.15) is 28.5 Å². The molecule has 1 heterocycles. The van der Waals surface area contributed by atoms with Gasteiger partial charge in [0.1, 0.15) is 5.75 Å². The molecule has 0 saturated carbocycles. The van der Waals surface area contributed by atoms with E-state index in [0.29, 0.717) is 28.9 Å². The van der Waals surface area contributed by atoms with Crippen LogP contribution >= 0.6 is 11.6 Å². The molecule has 3 rings (SSSR count). The molecule has 2 aromatic carbocycles. The molecule has 6 nitrogen and oxygen atoms in total. The van der Waals surface area contributed by atoms with Crippen LogP contribution in [0.3, 0.4) is 0 Å². The van der Waals surface area contributed by atoms with E-state index < -0.39 is 23.1 Å². The minimum Gasteiger partial charge on any atom is -0.478 e. The van der Waals surface area contributed by atoms with E-state index in [4.69, 9.17) is 21.1 Å². The summed E-state index contributed by atoms with van der Waals surface area (Å²) >= 11 is 5.52. The van der Waals surface area contributed by atoms with Crippen molar-refractivity contribution in [1.82, 2.24) is 4.57 Å². The lowest BCUT2D eigenvalue weighted by Crippen LogP contribution is -2.25. The summed E-state index contributed by atoms with van der Waals surface area (Å²) in [5.41, 5.74) is 2.48. The van der Waals surface area contributed by atoms with Crippen molar-refractivity contribution in [3.05, 3.63) is 65.4 Å². The Bertz CT molecular complexity index is 1090. The van der Waals surface area contributed by atoms with Crippen molar-refractivity contribution in [2.75, 3.05) is 7.11 Å². The average Bonchev–Trinajstić information content (AvgIpc) is 3.00. The largest absolute Gasteiger partial charge is 0.478 e. The monoisotopic (exact) mass is 413 g/mol. The van der Waals surface area contributed by atoms with Gasteiger partial charge in [-0.05, 0) is 43.1 Å². The van der Waals surface area contributed by atoms with Crippen LogP contribution < -0.4 is 4.74 Å². The second-order valence-electron chi connectivity index (χ2n) is 6.57. The topological polar surface area (TPSA) is 74.6 Å². The summed E-state index contributed by atoms with van der Waals surface area (Å²) in [7, 11) is 1.27. The number of nitrogens with zero attached hydrogens (tertiary/aromatic N) is 1. The van der Waals surface area contributed by atoms with Gasteiger partial charge in [-0.15, -0.1) is 0 Å². The highest BCUT2D eigenvalue weighted by molar-refractivity contribution is 6.83. The molecule has 0 N–H and O–H groups in total. The minimum atomic E-state index is -1.08. The SMILES string of the molecule is COC(=O)C(C)Oc1cccc2c1c(C(=O)C(=O)Cl)c(C)n2Cc1ccccc1. The van der Waals surface area contributed by atoms with Crippen molar-refractivity contribution in [2.45, 2.75) is 26.5 Å². The summed E-state index contributed by atoms with van der Waals surface area (Å²) in [6.07, 6.45) is -0.891. The normalized spacial score (nSPS) is 11.9. The number of esters is 1. The summed E-state index contributed by atoms with van der Waals surface area (Å²) in [6, 6.07) is 15.0. The van der Waals surface area contributed by atoms with Crippen LogP contribution in [0.4, 0.5) is 0 Å². The molecule has 150 valence electrons. The van der Waals surface area contributed by atoms with E-state index in [0.717, 1.165) is 5.56 Å². The molecule has 1 atom stereocenters. The van der Waals surface area contributed by atoms with Crippen LogP contribution in [-0.2, 0) is 20.9 Å². The number of hydrogen-bond donors (Lipinski definition) is 0. The van der Waals surface area contributed by atoms with Crippen LogP contribution in [0.2, 0.25) is 0 Å². The van der Waals surface area contributed by atoms with Crippen molar-refractivity contribution >= 4 is 39.5 Å². The molecule has 0 aliphatic carbocycles. The number of ketones is 1. The van der Waals surface area contributed by atoms with Crippen LogP contribution in [0.5, 0.6) is 5.75 Å². The van der Waals surface area contributed by atoms with Gasteiger partial charge in [0.15, 0.2) is 6.10 Å². The number of methoxy groups -OCH3 is 1. The molecule has 0 amide bonds. The Hall–Kier alpha value is -3.12. The first kappa shape index (κ1) is 20.6. The summed E-state index contributed by atoms with van der Waals surface area (Å²) in [5.74, 6) is -1.07. The van der Waals surface area contributed by atoms with Gasteiger partial charge >= 0.3 is 5.97 Å². The highest BCUT2D eigenvalue weighted by Gasteiger charge is 2.27. The van der Waals surface area contributed by atoms with Crippen LogP contribution in [0, 0.1) is 6.92 Å². The Morgan fingerprint density at radius 1 is 1.07 bits per heavy atom. The molecule has 0 spiro atoms. The number of carbonyl (C=O) groups is 3. The fraction of sp³-hybridized carbons (Fsp3) is 0.227. The first-order chi connectivity index (χ1) is 13.8. The highest BCUT2D eigenvalue weighted by atomic mass is 35.5. The first-order valence-corrected chi connectivity index (χ1v) is 9.37. The molecule has 1 aromatic heterocycles. The zero-order valence-corrected chi connectivity index (χ0v) is 17.0. The second kappa shape index (κ2) is 8.49. The maximum atomic E-state index is 12.6. The smallest absolute Gasteiger partial charge is 0.346 e. The Kier molecular flexibility index (Phi) is 6.03. The quantitative estimate of drug-likeness (QED) is 0.254. The maximum absolute atomic E-state index is 12.6. The van der Waals surface area contributed by atoms with E-state index in [1.54, 1.807) is 26.0 Å². The molecular formula is C22H20ClNO5. The second-order valence-corrected chi connectivity index (χ2v) is 6.91. The van der Waals surface area contributed by atoms with Gasteiger partial charge in [0.05, 0.1) is 23.6 Å². The third kappa shape index (κ3) is 4.03. The predicted molar refractivity (Wildman–Crippen MR) is 110 cm³/mol. The predicted octanol–water partition coefficient (Wildman–Crippen LogP) is 3.89. The van der Waals surface area contributed by atoms with Gasteiger partial charge in [0.25, 0.3) is 5.24 Å². The molecule has 1 unspecified atom stereocenters. The number of halogens is 1. The summed E-state index contributed by atoms with van der Waals surface area (Å²) in [5, 5.41) is -0.640. The lowest BCUT2D eigenvalue weighted by atomic mass is 10.1. The molecule has 0 saturated heterocycles. The molecule has 29 heavy (non-hydrogen) atoms. The summed E-state index contributed by atoms with van der Waals surface area (Å²) in [6.45, 7) is 3.79. The van der Waals surface area contributed by atoms with Crippen LogP contribution in [0.25, 0.3) is 10.9 Å². The molecule has 7 heteroatoms. The molecule has 3 aromatic rings. The van der Waals surface area contributed by atoms with E-state index in [1.807, 2.05) is 41.0 Å². The molecule has 0 aliphatic heterocycles. The fourth-order valence-corrected chi connectivity index (χ4v) is 3.44. The Morgan fingerprint density at radius 2 is 1.76 bits per heavy atom. The van der Waals surface area contributed by atoms with E-state index in [1.165, 1.54) is 7.11 Å².